The second-order valence-corrected chi connectivity index (χ2v) is 6.11. The van der Waals surface area contributed by atoms with E-state index in [0.29, 0.717) is 5.92 Å². The van der Waals surface area contributed by atoms with Crippen molar-refractivity contribution in [1.82, 2.24) is 9.97 Å². The Bertz CT molecular complexity index is 450. The van der Waals surface area contributed by atoms with Crippen LogP contribution in [0, 0.1) is 5.92 Å². The number of hydrogen-bond acceptors (Lipinski definition) is 5. The molecule has 3 rings (SSSR count). The van der Waals surface area contributed by atoms with Crippen LogP contribution in [0.5, 0.6) is 0 Å². The number of hydrogen-bond donors (Lipinski definition) is 2. The molecule has 0 atom stereocenters. The fraction of sp³-hybridized carbons (Fsp3) is 0.733. The van der Waals surface area contributed by atoms with Crippen LogP contribution in [0.15, 0.2) is 6.07 Å². The normalized spacial score (nSPS) is 20.2. The molecule has 1 saturated heterocycles. The van der Waals surface area contributed by atoms with Crippen LogP contribution in [0.1, 0.15) is 57.2 Å². The molecule has 1 aliphatic heterocycles. The van der Waals surface area contributed by atoms with Crippen molar-refractivity contribution in [3.05, 3.63) is 11.9 Å². The maximum atomic E-state index is 5.54. The summed E-state index contributed by atoms with van der Waals surface area (Å²) in [6.07, 6.45) is 7.65. The predicted molar refractivity (Wildman–Crippen MR) is 81.7 cm³/mol. The quantitative estimate of drug-likeness (QED) is 0.639. The lowest BCUT2D eigenvalue weighted by molar-refractivity contribution is 0.377. The van der Waals surface area contributed by atoms with E-state index in [1.807, 2.05) is 6.07 Å². The van der Waals surface area contributed by atoms with Gasteiger partial charge in [0.2, 0.25) is 0 Å². The van der Waals surface area contributed by atoms with Crippen LogP contribution in [0.4, 0.5) is 11.6 Å². The van der Waals surface area contributed by atoms with E-state index in [0.717, 1.165) is 36.5 Å². The molecule has 110 valence electrons. The Morgan fingerprint density at radius 3 is 2.60 bits per heavy atom. The topological polar surface area (TPSA) is 67.1 Å². The van der Waals surface area contributed by atoms with Gasteiger partial charge in [-0.15, -0.1) is 0 Å². The summed E-state index contributed by atoms with van der Waals surface area (Å²) < 4.78 is 0. The molecule has 5 nitrogen and oxygen atoms in total. The van der Waals surface area contributed by atoms with Gasteiger partial charge in [0.25, 0.3) is 0 Å². The van der Waals surface area contributed by atoms with Crippen molar-refractivity contribution in [3.8, 4) is 0 Å². The molecule has 2 aliphatic rings. The van der Waals surface area contributed by atoms with Crippen molar-refractivity contribution in [3.63, 3.8) is 0 Å². The molecule has 0 bridgehead atoms. The highest BCUT2D eigenvalue weighted by Crippen LogP contribution is 2.39. The minimum absolute atomic E-state index is 0.555. The number of nitrogen functional groups attached to an aromatic ring is 1. The highest BCUT2D eigenvalue weighted by Gasteiger charge is 2.28. The van der Waals surface area contributed by atoms with Crippen molar-refractivity contribution < 1.29 is 0 Å². The summed E-state index contributed by atoms with van der Waals surface area (Å²) in [5.74, 6) is 9.75. The van der Waals surface area contributed by atoms with Crippen LogP contribution < -0.4 is 16.2 Å². The molecule has 20 heavy (non-hydrogen) atoms. The lowest BCUT2D eigenvalue weighted by Gasteiger charge is -2.33. The van der Waals surface area contributed by atoms with Crippen molar-refractivity contribution in [2.75, 3.05) is 23.4 Å². The lowest BCUT2D eigenvalue weighted by atomic mass is 9.92. The summed E-state index contributed by atoms with van der Waals surface area (Å²) in [6, 6.07) is 1.98. The number of anilines is 2. The summed E-state index contributed by atoms with van der Waals surface area (Å²) in [4.78, 5) is 11.6. The van der Waals surface area contributed by atoms with Crippen LogP contribution in [0.3, 0.4) is 0 Å². The van der Waals surface area contributed by atoms with Gasteiger partial charge in [0.15, 0.2) is 0 Å². The van der Waals surface area contributed by atoms with Gasteiger partial charge >= 0.3 is 0 Å². The minimum Gasteiger partial charge on any atom is -0.356 e. The van der Waals surface area contributed by atoms with Crippen molar-refractivity contribution in [2.24, 2.45) is 11.8 Å². The molecule has 0 unspecified atom stereocenters. The second kappa shape index (κ2) is 5.95. The standard InChI is InChI=1S/C15H25N5/c1-2-3-11-6-8-20(9-7-11)14-10-13(19-16)17-15(18-14)12-4-5-12/h10-12H,2-9,16H2,1H3,(H,17,18,19). The van der Waals surface area contributed by atoms with Gasteiger partial charge in [-0.25, -0.2) is 15.8 Å². The Morgan fingerprint density at radius 1 is 1.25 bits per heavy atom. The molecule has 1 aromatic rings. The zero-order chi connectivity index (χ0) is 13.9. The lowest BCUT2D eigenvalue weighted by Crippen LogP contribution is -2.34. The second-order valence-electron chi connectivity index (χ2n) is 6.11. The molecule has 0 amide bonds. The van der Waals surface area contributed by atoms with E-state index in [1.165, 1.54) is 38.5 Å². The number of nitrogens with two attached hydrogens (primary N) is 1. The van der Waals surface area contributed by atoms with E-state index in [-0.39, 0.29) is 0 Å². The summed E-state index contributed by atoms with van der Waals surface area (Å²) >= 11 is 0. The van der Waals surface area contributed by atoms with Crippen molar-refractivity contribution >= 4 is 11.6 Å². The fourth-order valence-corrected chi connectivity index (χ4v) is 3.07. The summed E-state index contributed by atoms with van der Waals surface area (Å²) in [5, 5.41) is 0. The van der Waals surface area contributed by atoms with Gasteiger partial charge in [-0.2, -0.15) is 0 Å². The fourth-order valence-electron chi connectivity index (χ4n) is 3.07. The third-order valence-electron chi connectivity index (χ3n) is 4.46. The molecule has 3 N–H and O–H groups in total. The molecular weight excluding hydrogens is 250 g/mol. The first-order valence-electron chi connectivity index (χ1n) is 7.90. The number of hydrazine groups is 1. The largest absolute Gasteiger partial charge is 0.356 e. The van der Waals surface area contributed by atoms with Crippen LogP contribution >= 0.6 is 0 Å². The average Bonchev–Trinajstić information content (AvgIpc) is 3.32. The Balaban J connectivity index is 1.71. The highest BCUT2D eigenvalue weighted by atomic mass is 15.3. The van der Waals surface area contributed by atoms with Crippen LogP contribution in [-0.2, 0) is 0 Å². The first kappa shape index (κ1) is 13.6. The zero-order valence-electron chi connectivity index (χ0n) is 12.3. The van der Waals surface area contributed by atoms with E-state index in [9.17, 15) is 0 Å². The molecule has 1 saturated carbocycles. The van der Waals surface area contributed by atoms with Gasteiger partial charge in [0.1, 0.15) is 17.5 Å². The molecule has 2 fully saturated rings. The van der Waals surface area contributed by atoms with E-state index in [2.05, 4.69) is 22.2 Å². The van der Waals surface area contributed by atoms with Crippen molar-refractivity contribution in [1.29, 1.82) is 0 Å². The molecule has 1 aliphatic carbocycles. The van der Waals surface area contributed by atoms with Crippen LogP contribution in [0.2, 0.25) is 0 Å². The molecule has 0 spiro atoms. The molecule has 2 heterocycles. The molecule has 1 aromatic heterocycles. The van der Waals surface area contributed by atoms with Gasteiger partial charge in [0, 0.05) is 25.1 Å². The van der Waals surface area contributed by atoms with Crippen LogP contribution in [0.25, 0.3) is 0 Å². The predicted octanol–water partition coefficient (Wildman–Crippen LogP) is 2.66. The highest BCUT2D eigenvalue weighted by molar-refractivity contribution is 5.49. The van der Waals surface area contributed by atoms with Gasteiger partial charge in [-0.1, -0.05) is 19.8 Å². The molecule has 0 aromatic carbocycles. The number of rotatable bonds is 5. The monoisotopic (exact) mass is 275 g/mol. The summed E-state index contributed by atoms with van der Waals surface area (Å²) in [6.45, 7) is 4.49. The van der Waals surface area contributed by atoms with Gasteiger partial charge in [-0.05, 0) is 31.6 Å². The summed E-state index contributed by atoms with van der Waals surface area (Å²) in [5.41, 5.74) is 2.68. The molecular formula is C15H25N5. The number of piperidine rings is 1. The average molecular weight is 275 g/mol. The smallest absolute Gasteiger partial charge is 0.145 e. The Hall–Kier alpha value is -1.36. The van der Waals surface area contributed by atoms with Crippen LogP contribution in [-0.4, -0.2) is 23.1 Å². The third kappa shape index (κ3) is 3.03. The third-order valence-corrected chi connectivity index (χ3v) is 4.46. The maximum Gasteiger partial charge on any atom is 0.145 e. The Kier molecular flexibility index (Phi) is 4.05. The summed E-state index contributed by atoms with van der Waals surface area (Å²) in [7, 11) is 0. The first-order valence-corrected chi connectivity index (χ1v) is 7.90. The van der Waals surface area contributed by atoms with Crippen molar-refractivity contribution in [2.45, 2.75) is 51.4 Å². The SMILES string of the molecule is CCCC1CCN(c2cc(NN)nc(C3CC3)n2)CC1. The van der Waals surface area contributed by atoms with E-state index in [1.54, 1.807) is 0 Å². The molecule has 0 radical (unpaired) electrons. The van der Waals surface area contributed by atoms with Gasteiger partial charge < -0.3 is 10.3 Å². The van der Waals surface area contributed by atoms with Gasteiger partial charge in [0.05, 0.1) is 0 Å². The Labute approximate surface area is 120 Å². The van der Waals surface area contributed by atoms with E-state index in [4.69, 9.17) is 10.8 Å². The number of nitrogens with one attached hydrogen (secondary N) is 1. The minimum atomic E-state index is 0.555. The van der Waals surface area contributed by atoms with Gasteiger partial charge in [-0.3, -0.25) is 0 Å². The number of nitrogens with zero attached hydrogens (tertiary/aromatic N) is 3. The van der Waals surface area contributed by atoms with E-state index >= 15 is 0 Å². The van der Waals surface area contributed by atoms with E-state index < -0.39 is 0 Å². The first-order chi connectivity index (χ1) is 9.80. The number of aromatic nitrogens is 2. The zero-order valence-corrected chi connectivity index (χ0v) is 12.3. The molecule has 5 heteroatoms. The maximum absolute atomic E-state index is 5.54. The Morgan fingerprint density at radius 2 is 2.00 bits per heavy atom.